The van der Waals surface area contributed by atoms with E-state index in [9.17, 15) is 9.90 Å². The number of aliphatic hydroxyl groups excluding tert-OH is 1. The Morgan fingerprint density at radius 2 is 2.31 bits per heavy atom. The van der Waals surface area contributed by atoms with Crippen molar-refractivity contribution < 1.29 is 14.6 Å². The number of hydrogen-bond donors (Lipinski definition) is 1. The van der Waals surface area contributed by atoms with Gasteiger partial charge in [-0.05, 0) is 12.8 Å². The molecule has 1 heterocycles. The number of esters is 1. The van der Waals surface area contributed by atoms with Gasteiger partial charge in [0.2, 0.25) is 0 Å². The van der Waals surface area contributed by atoms with Crippen molar-refractivity contribution in [2.45, 2.75) is 57.7 Å². The molecule has 1 saturated heterocycles. The molecule has 1 N–H and O–H groups in total. The van der Waals surface area contributed by atoms with Crippen LogP contribution < -0.4 is 0 Å². The summed E-state index contributed by atoms with van der Waals surface area (Å²) in [6.07, 6.45) is 4.60. The average molecular weight is 186 g/mol. The fraction of sp³-hybridized carbons (Fsp3) is 0.900. The van der Waals surface area contributed by atoms with Crippen LogP contribution in [0.2, 0.25) is 0 Å². The van der Waals surface area contributed by atoms with Crippen LogP contribution in [-0.4, -0.2) is 23.3 Å². The molecule has 0 saturated carbocycles. The molecule has 13 heavy (non-hydrogen) atoms. The normalized spacial score (nSPS) is 28.6. The lowest BCUT2D eigenvalue weighted by Crippen LogP contribution is -2.32. The SMILES string of the molecule is CCCCC[C@@H]1C[C@H](O)CC(=O)O1. The average Bonchev–Trinajstić information content (AvgIpc) is 2.03. The van der Waals surface area contributed by atoms with Gasteiger partial charge in [0.05, 0.1) is 12.5 Å². The molecule has 0 amide bonds. The Morgan fingerprint density at radius 3 is 2.92 bits per heavy atom. The van der Waals surface area contributed by atoms with Crippen LogP contribution in [0.4, 0.5) is 0 Å². The van der Waals surface area contributed by atoms with Crippen LogP contribution in [0.5, 0.6) is 0 Å². The zero-order chi connectivity index (χ0) is 9.68. The molecule has 76 valence electrons. The molecular weight excluding hydrogens is 168 g/mol. The topological polar surface area (TPSA) is 46.5 Å². The molecule has 0 aromatic heterocycles. The number of rotatable bonds is 4. The predicted octanol–water partition coefficient (Wildman–Crippen LogP) is 1.63. The summed E-state index contributed by atoms with van der Waals surface area (Å²) in [6, 6.07) is 0. The van der Waals surface area contributed by atoms with Gasteiger partial charge in [-0.2, -0.15) is 0 Å². The van der Waals surface area contributed by atoms with Gasteiger partial charge in [-0.25, -0.2) is 0 Å². The number of hydrogen-bond acceptors (Lipinski definition) is 3. The lowest BCUT2D eigenvalue weighted by atomic mass is 10.0. The highest BCUT2D eigenvalue weighted by Crippen LogP contribution is 2.19. The van der Waals surface area contributed by atoms with Crippen molar-refractivity contribution in [2.24, 2.45) is 0 Å². The van der Waals surface area contributed by atoms with Crippen molar-refractivity contribution in [2.75, 3.05) is 0 Å². The third kappa shape index (κ3) is 3.77. The van der Waals surface area contributed by atoms with E-state index in [0.717, 1.165) is 12.8 Å². The maximum absolute atomic E-state index is 10.9. The minimum atomic E-state index is -0.479. The molecule has 0 aromatic rings. The number of unbranched alkanes of at least 4 members (excludes halogenated alkanes) is 2. The highest BCUT2D eigenvalue weighted by atomic mass is 16.5. The number of aliphatic hydroxyl groups is 1. The van der Waals surface area contributed by atoms with E-state index in [2.05, 4.69) is 6.92 Å². The lowest BCUT2D eigenvalue weighted by Gasteiger charge is -2.25. The molecule has 0 aliphatic carbocycles. The third-order valence-electron chi connectivity index (χ3n) is 2.37. The first-order chi connectivity index (χ1) is 6.22. The molecule has 0 aromatic carbocycles. The molecule has 1 aliphatic heterocycles. The molecule has 0 radical (unpaired) electrons. The second-order valence-electron chi connectivity index (χ2n) is 3.70. The lowest BCUT2D eigenvalue weighted by molar-refractivity contribution is -0.160. The summed E-state index contributed by atoms with van der Waals surface area (Å²) in [6.45, 7) is 2.14. The highest BCUT2D eigenvalue weighted by molar-refractivity contribution is 5.70. The third-order valence-corrected chi connectivity index (χ3v) is 2.37. The van der Waals surface area contributed by atoms with E-state index in [1.54, 1.807) is 0 Å². The van der Waals surface area contributed by atoms with E-state index in [1.165, 1.54) is 12.8 Å². The molecule has 3 heteroatoms. The molecule has 1 rings (SSSR count). The maximum Gasteiger partial charge on any atom is 0.308 e. The maximum atomic E-state index is 10.9. The van der Waals surface area contributed by atoms with Gasteiger partial charge in [-0.1, -0.05) is 19.8 Å². The van der Waals surface area contributed by atoms with E-state index in [1.807, 2.05) is 0 Å². The quantitative estimate of drug-likeness (QED) is 0.536. The molecular formula is C10H18O3. The summed E-state index contributed by atoms with van der Waals surface area (Å²) in [5.74, 6) is -0.250. The summed E-state index contributed by atoms with van der Waals surface area (Å²) < 4.78 is 5.10. The van der Waals surface area contributed by atoms with Gasteiger partial charge in [0, 0.05) is 6.42 Å². The molecule has 0 bridgehead atoms. The van der Waals surface area contributed by atoms with Crippen molar-refractivity contribution >= 4 is 5.97 Å². The van der Waals surface area contributed by atoms with E-state index in [0.29, 0.717) is 6.42 Å². The second kappa shape index (κ2) is 5.22. The smallest absolute Gasteiger partial charge is 0.308 e. The van der Waals surface area contributed by atoms with Crippen molar-refractivity contribution in [3.63, 3.8) is 0 Å². The number of cyclic esters (lactones) is 1. The molecule has 0 spiro atoms. The van der Waals surface area contributed by atoms with Gasteiger partial charge in [-0.15, -0.1) is 0 Å². The minimum Gasteiger partial charge on any atom is -0.462 e. The zero-order valence-corrected chi connectivity index (χ0v) is 8.16. The van der Waals surface area contributed by atoms with Crippen LogP contribution in [0.15, 0.2) is 0 Å². The first kappa shape index (κ1) is 10.5. The summed E-state index contributed by atoms with van der Waals surface area (Å²) in [5.41, 5.74) is 0. The minimum absolute atomic E-state index is 0.0391. The van der Waals surface area contributed by atoms with Crippen molar-refractivity contribution in [3.8, 4) is 0 Å². The van der Waals surface area contributed by atoms with Crippen LogP contribution in [0.1, 0.15) is 45.4 Å². The Labute approximate surface area is 79.1 Å². The summed E-state index contributed by atoms with van der Waals surface area (Å²) in [4.78, 5) is 10.9. The van der Waals surface area contributed by atoms with Crippen LogP contribution in [0.25, 0.3) is 0 Å². The van der Waals surface area contributed by atoms with Crippen molar-refractivity contribution in [3.05, 3.63) is 0 Å². The standard InChI is InChI=1S/C10H18O3/c1-2-3-4-5-9-6-8(11)7-10(12)13-9/h8-9,11H,2-7H2,1H3/t8-,9+/m0/s1. The Morgan fingerprint density at radius 1 is 1.54 bits per heavy atom. The van der Waals surface area contributed by atoms with Crippen molar-refractivity contribution in [1.29, 1.82) is 0 Å². The Hall–Kier alpha value is -0.570. The predicted molar refractivity (Wildman–Crippen MR) is 49.3 cm³/mol. The van der Waals surface area contributed by atoms with Gasteiger partial charge in [0.15, 0.2) is 0 Å². The van der Waals surface area contributed by atoms with Gasteiger partial charge >= 0.3 is 5.97 Å². The highest BCUT2D eigenvalue weighted by Gasteiger charge is 2.26. The number of ether oxygens (including phenoxy) is 1. The van der Waals surface area contributed by atoms with E-state index < -0.39 is 6.10 Å². The fourth-order valence-corrected chi connectivity index (χ4v) is 1.66. The van der Waals surface area contributed by atoms with Gasteiger partial charge in [0.25, 0.3) is 0 Å². The second-order valence-corrected chi connectivity index (χ2v) is 3.70. The Bertz CT molecular complexity index is 168. The van der Waals surface area contributed by atoms with Gasteiger partial charge in [-0.3, -0.25) is 4.79 Å². The number of carbonyl (C=O) groups excluding carboxylic acids is 1. The molecule has 1 fully saturated rings. The van der Waals surface area contributed by atoms with Crippen molar-refractivity contribution in [1.82, 2.24) is 0 Å². The zero-order valence-electron chi connectivity index (χ0n) is 8.16. The number of carbonyl (C=O) groups is 1. The van der Waals surface area contributed by atoms with E-state index >= 15 is 0 Å². The molecule has 3 nitrogen and oxygen atoms in total. The van der Waals surface area contributed by atoms with Gasteiger partial charge < -0.3 is 9.84 Å². The Kier molecular flexibility index (Phi) is 4.22. The largest absolute Gasteiger partial charge is 0.462 e. The van der Waals surface area contributed by atoms with E-state index in [-0.39, 0.29) is 18.5 Å². The van der Waals surface area contributed by atoms with Crippen LogP contribution in [0, 0.1) is 0 Å². The summed E-state index contributed by atoms with van der Waals surface area (Å²) in [7, 11) is 0. The summed E-state index contributed by atoms with van der Waals surface area (Å²) >= 11 is 0. The van der Waals surface area contributed by atoms with E-state index in [4.69, 9.17) is 4.74 Å². The Balaban J connectivity index is 2.21. The van der Waals surface area contributed by atoms with Crippen LogP contribution >= 0.6 is 0 Å². The van der Waals surface area contributed by atoms with Crippen LogP contribution in [0.3, 0.4) is 0 Å². The van der Waals surface area contributed by atoms with Crippen LogP contribution in [-0.2, 0) is 9.53 Å². The summed E-state index contributed by atoms with van der Waals surface area (Å²) in [5, 5.41) is 9.31. The molecule has 1 aliphatic rings. The monoisotopic (exact) mass is 186 g/mol. The first-order valence-electron chi connectivity index (χ1n) is 5.10. The van der Waals surface area contributed by atoms with Gasteiger partial charge in [0.1, 0.15) is 6.10 Å². The fourth-order valence-electron chi connectivity index (χ4n) is 1.66. The molecule has 2 atom stereocenters. The molecule has 0 unspecified atom stereocenters. The first-order valence-corrected chi connectivity index (χ1v) is 5.10.